The maximum atomic E-state index is 12.2. The summed E-state index contributed by atoms with van der Waals surface area (Å²) in [5.41, 5.74) is 1.98. The molecule has 1 fully saturated rings. The number of fused-ring (bicyclic) bond motifs is 1. The summed E-state index contributed by atoms with van der Waals surface area (Å²) in [6.07, 6.45) is 1.95. The Bertz CT molecular complexity index is 625. The molecule has 1 aliphatic heterocycles. The van der Waals surface area contributed by atoms with E-state index in [9.17, 15) is 4.79 Å². The second-order valence-corrected chi connectivity index (χ2v) is 5.19. The third kappa shape index (κ3) is 3.06. The van der Waals surface area contributed by atoms with Gasteiger partial charge in [-0.2, -0.15) is 0 Å². The zero-order valence-electron chi connectivity index (χ0n) is 11.8. The predicted octanol–water partition coefficient (Wildman–Crippen LogP) is 0.646. The van der Waals surface area contributed by atoms with Crippen molar-refractivity contribution in [2.24, 2.45) is 0 Å². The van der Waals surface area contributed by atoms with Gasteiger partial charge in [-0.3, -0.25) is 4.79 Å². The fourth-order valence-corrected chi connectivity index (χ4v) is 2.62. The quantitative estimate of drug-likeness (QED) is 0.897. The van der Waals surface area contributed by atoms with Crippen LogP contribution in [0.15, 0.2) is 30.6 Å². The number of carbonyl (C=O) groups excluding carboxylic acids is 1. The summed E-state index contributed by atoms with van der Waals surface area (Å²) in [7, 11) is 0. The van der Waals surface area contributed by atoms with Gasteiger partial charge in [-0.15, -0.1) is 0 Å². The van der Waals surface area contributed by atoms with Gasteiger partial charge in [0, 0.05) is 26.1 Å². The molecule has 3 rings (SSSR count). The number of ether oxygens (including phenoxy) is 1. The van der Waals surface area contributed by atoms with E-state index in [1.165, 1.54) is 0 Å². The Hall–Kier alpha value is -1.92. The van der Waals surface area contributed by atoms with E-state index in [4.69, 9.17) is 9.84 Å². The number of aliphatic hydroxyl groups is 1. The highest BCUT2D eigenvalue weighted by molar-refractivity contribution is 5.77. The summed E-state index contributed by atoms with van der Waals surface area (Å²) < 4.78 is 7.35. The molecule has 1 saturated heterocycles. The molecule has 1 atom stereocenters. The molecule has 112 valence electrons. The number of benzene rings is 1. The zero-order valence-corrected chi connectivity index (χ0v) is 11.8. The third-order valence-corrected chi connectivity index (χ3v) is 3.79. The van der Waals surface area contributed by atoms with E-state index >= 15 is 0 Å². The van der Waals surface area contributed by atoms with E-state index in [0.29, 0.717) is 32.7 Å². The number of para-hydroxylation sites is 2. The molecular formula is C15H19N3O3. The van der Waals surface area contributed by atoms with Crippen molar-refractivity contribution in [1.29, 1.82) is 0 Å². The minimum atomic E-state index is -0.253. The number of aryl methyl sites for hydroxylation is 1. The van der Waals surface area contributed by atoms with Gasteiger partial charge in [0.2, 0.25) is 5.91 Å². The van der Waals surface area contributed by atoms with Crippen molar-refractivity contribution in [3.8, 4) is 0 Å². The van der Waals surface area contributed by atoms with E-state index in [1.807, 2.05) is 28.8 Å². The standard InChI is InChI=1S/C15H19N3O3/c19-10-12-9-17(7-8-21-12)15(20)5-6-18-11-16-13-3-1-2-4-14(13)18/h1-4,11-12,19H,5-10H2. The Morgan fingerprint density at radius 3 is 3.14 bits per heavy atom. The van der Waals surface area contributed by atoms with Crippen LogP contribution in [0.1, 0.15) is 6.42 Å². The number of morpholine rings is 1. The number of hydrogen-bond donors (Lipinski definition) is 1. The first-order chi connectivity index (χ1) is 10.3. The second kappa shape index (κ2) is 6.24. The molecular weight excluding hydrogens is 270 g/mol. The van der Waals surface area contributed by atoms with Crippen molar-refractivity contribution in [3.05, 3.63) is 30.6 Å². The van der Waals surface area contributed by atoms with Gasteiger partial charge in [0.25, 0.3) is 0 Å². The number of aliphatic hydroxyl groups excluding tert-OH is 1. The molecule has 2 aromatic rings. The van der Waals surface area contributed by atoms with Crippen LogP contribution in [0.25, 0.3) is 11.0 Å². The largest absolute Gasteiger partial charge is 0.394 e. The topological polar surface area (TPSA) is 67.6 Å². The number of amides is 1. The molecule has 2 heterocycles. The molecule has 1 aromatic carbocycles. The minimum Gasteiger partial charge on any atom is -0.394 e. The number of carbonyl (C=O) groups is 1. The average molecular weight is 289 g/mol. The average Bonchev–Trinajstić information content (AvgIpc) is 2.96. The number of hydrogen-bond acceptors (Lipinski definition) is 4. The normalized spacial score (nSPS) is 19.1. The molecule has 1 amide bonds. The lowest BCUT2D eigenvalue weighted by Crippen LogP contribution is -2.47. The van der Waals surface area contributed by atoms with E-state index < -0.39 is 0 Å². The lowest BCUT2D eigenvalue weighted by Gasteiger charge is -2.32. The van der Waals surface area contributed by atoms with Crippen molar-refractivity contribution < 1.29 is 14.6 Å². The summed E-state index contributed by atoms with van der Waals surface area (Å²) in [4.78, 5) is 18.3. The van der Waals surface area contributed by atoms with E-state index in [1.54, 1.807) is 11.2 Å². The van der Waals surface area contributed by atoms with Crippen molar-refractivity contribution in [1.82, 2.24) is 14.5 Å². The Morgan fingerprint density at radius 1 is 1.43 bits per heavy atom. The molecule has 1 N–H and O–H groups in total. The molecule has 1 unspecified atom stereocenters. The van der Waals surface area contributed by atoms with Crippen molar-refractivity contribution >= 4 is 16.9 Å². The van der Waals surface area contributed by atoms with E-state index in [-0.39, 0.29) is 18.6 Å². The van der Waals surface area contributed by atoms with Crippen molar-refractivity contribution in [3.63, 3.8) is 0 Å². The Kier molecular flexibility index (Phi) is 4.17. The van der Waals surface area contributed by atoms with Gasteiger partial charge in [0.15, 0.2) is 0 Å². The maximum Gasteiger partial charge on any atom is 0.224 e. The lowest BCUT2D eigenvalue weighted by atomic mass is 10.2. The van der Waals surface area contributed by atoms with Crippen LogP contribution in [0.3, 0.4) is 0 Å². The zero-order chi connectivity index (χ0) is 14.7. The first kappa shape index (κ1) is 14.0. The predicted molar refractivity (Wildman–Crippen MR) is 77.8 cm³/mol. The highest BCUT2D eigenvalue weighted by Crippen LogP contribution is 2.13. The highest BCUT2D eigenvalue weighted by atomic mass is 16.5. The molecule has 21 heavy (non-hydrogen) atoms. The fourth-order valence-electron chi connectivity index (χ4n) is 2.62. The molecule has 0 aliphatic carbocycles. The molecule has 0 spiro atoms. The molecule has 1 aromatic heterocycles. The van der Waals surface area contributed by atoms with Gasteiger partial charge in [0.1, 0.15) is 0 Å². The Labute approximate surface area is 122 Å². The molecule has 0 saturated carbocycles. The van der Waals surface area contributed by atoms with Gasteiger partial charge in [-0.25, -0.2) is 4.98 Å². The van der Waals surface area contributed by atoms with Gasteiger partial charge in [-0.1, -0.05) is 12.1 Å². The summed E-state index contributed by atoms with van der Waals surface area (Å²) >= 11 is 0. The van der Waals surface area contributed by atoms with E-state index in [0.717, 1.165) is 11.0 Å². The van der Waals surface area contributed by atoms with Crippen LogP contribution in [0.2, 0.25) is 0 Å². The third-order valence-electron chi connectivity index (χ3n) is 3.79. The number of imidazole rings is 1. The highest BCUT2D eigenvalue weighted by Gasteiger charge is 2.23. The van der Waals surface area contributed by atoms with Crippen LogP contribution in [-0.4, -0.2) is 57.9 Å². The maximum absolute atomic E-state index is 12.2. The summed E-state index contributed by atoms with van der Waals surface area (Å²) in [5, 5.41) is 9.11. The molecule has 0 radical (unpaired) electrons. The smallest absolute Gasteiger partial charge is 0.224 e. The summed E-state index contributed by atoms with van der Waals surface area (Å²) in [6.45, 7) is 2.13. The summed E-state index contributed by atoms with van der Waals surface area (Å²) in [5.74, 6) is 0.0922. The minimum absolute atomic E-state index is 0.0457. The van der Waals surface area contributed by atoms with Crippen LogP contribution < -0.4 is 0 Å². The monoisotopic (exact) mass is 289 g/mol. The Balaban J connectivity index is 1.60. The van der Waals surface area contributed by atoms with Crippen LogP contribution in [-0.2, 0) is 16.1 Å². The number of nitrogens with zero attached hydrogens (tertiary/aromatic N) is 3. The molecule has 0 bridgehead atoms. The summed E-state index contributed by atoms with van der Waals surface area (Å²) in [6, 6.07) is 7.88. The Morgan fingerprint density at radius 2 is 2.29 bits per heavy atom. The van der Waals surface area contributed by atoms with Crippen molar-refractivity contribution in [2.75, 3.05) is 26.3 Å². The number of rotatable bonds is 4. The lowest BCUT2D eigenvalue weighted by molar-refractivity contribution is -0.140. The van der Waals surface area contributed by atoms with E-state index in [2.05, 4.69) is 4.98 Å². The van der Waals surface area contributed by atoms with Crippen molar-refractivity contribution in [2.45, 2.75) is 19.1 Å². The van der Waals surface area contributed by atoms with Gasteiger partial charge >= 0.3 is 0 Å². The first-order valence-corrected chi connectivity index (χ1v) is 7.18. The van der Waals surface area contributed by atoms with Gasteiger partial charge < -0.3 is 19.3 Å². The second-order valence-electron chi connectivity index (χ2n) is 5.19. The molecule has 6 nitrogen and oxygen atoms in total. The molecule has 1 aliphatic rings. The van der Waals surface area contributed by atoms with Crippen LogP contribution in [0, 0.1) is 0 Å². The van der Waals surface area contributed by atoms with Crippen LogP contribution in [0.4, 0.5) is 0 Å². The van der Waals surface area contributed by atoms with Crippen LogP contribution in [0.5, 0.6) is 0 Å². The number of aromatic nitrogens is 2. The fraction of sp³-hybridized carbons (Fsp3) is 0.467. The van der Waals surface area contributed by atoms with Crippen LogP contribution >= 0.6 is 0 Å². The SMILES string of the molecule is O=C(CCn1cnc2ccccc21)N1CCOC(CO)C1. The van der Waals surface area contributed by atoms with Gasteiger partial charge in [-0.05, 0) is 12.1 Å². The molecule has 6 heteroatoms. The first-order valence-electron chi connectivity index (χ1n) is 7.18. The van der Waals surface area contributed by atoms with Gasteiger partial charge in [0.05, 0.1) is 36.7 Å².